The number of rotatable bonds is 27. The molecule has 4 aromatic heterocycles. The van der Waals surface area contributed by atoms with Gasteiger partial charge in [-0.05, 0) is 231 Å². The van der Waals surface area contributed by atoms with Gasteiger partial charge in [0, 0.05) is 109 Å². The fraction of sp³-hybridized carbons (Fsp3) is 0.396. The van der Waals surface area contributed by atoms with E-state index in [1.54, 1.807) is 0 Å². The number of likely N-dealkylation sites (N-methyl/N-ethyl adjacent to an activating group) is 2. The molecule has 5 unspecified atom stereocenters. The number of carbonyl (C=O) groups is 1. The first-order valence-corrected chi connectivity index (χ1v) is 47.5. The predicted octanol–water partition coefficient (Wildman–Crippen LogP) is 21.6. The van der Waals surface area contributed by atoms with Gasteiger partial charge in [-0.1, -0.05) is 195 Å². The van der Waals surface area contributed by atoms with Crippen LogP contribution in [0.1, 0.15) is 168 Å². The molecule has 12 aromatic rings. The second kappa shape index (κ2) is 39.5. The highest BCUT2D eigenvalue weighted by molar-refractivity contribution is 7.89. The van der Waals surface area contributed by atoms with Crippen LogP contribution in [-0.4, -0.2) is 122 Å². The monoisotopic (exact) mass is 1720 g/mol. The van der Waals surface area contributed by atoms with Crippen LogP contribution in [0, 0.1) is 92.9 Å². The van der Waals surface area contributed by atoms with Gasteiger partial charge in [0.05, 0.1) is 24.6 Å². The Morgan fingerprint density at radius 2 is 1.02 bits per heavy atom. The van der Waals surface area contributed by atoms with Gasteiger partial charge in [0.2, 0.25) is 25.7 Å². The average Bonchev–Trinajstić information content (AvgIpc) is 1.57. The van der Waals surface area contributed by atoms with Gasteiger partial charge in [0.15, 0.2) is 23.5 Å². The Morgan fingerprint density at radius 1 is 0.584 bits per heavy atom. The molecule has 5 atom stereocenters. The summed E-state index contributed by atoms with van der Waals surface area (Å²) in [4.78, 5) is 39.2. The summed E-state index contributed by atoms with van der Waals surface area (Å²) in [5.74, 6) is 6.73. The third kappa shape index (κ3) is 20.1. The molecule has 656 valence electrons. The SMILES string of the molecule is C.CCN(CCNS(C)(=O)=O)c1ccc(NC(=O)OCC2c3ccccc3-c3ccccc32)c(C)c1.Cc1ccccc1-c1nc2c(CC3C(C)CC(C)CC3C)c(C#N)cn2[nH]1.[C-]#[N+]c1c(CC2C(C)CC(C)CC2C)c2nc(-c3ccccc3C)[nH]n2c1N(c1ccc(N(CC)CCNS(C)(=O)=O)cc1C)C(CC1c2ccccc2-c2ccccc21)OO. The van der Waals surface area contributed by atoms with Crippen LogP contribution in [0.25, 0.3) is 61.2 Å². The van der Waals surface area contributed by atoms with Crippen LogP contribution < -0.4 is 29.5 Å². The number of aromatic nitrogens is 6. The molecule has 24 heteroatoms. The van der Waals surface area contributed by atoms with Gasteiger partial charge < -0.3 is 19.4 Å². The number of aryl methyl sites for hydroxylation is 4. The van der Waals surface area contributed by atoms with Crippen LogP contribution in [-0.2, 0) is 42.5 Å². The number of hydrogen-bond acceptors (Lipinski definition) is 14. The Morgan fingerprint density at radius 3 is 1.46 bits per heavy atom. The Kier molecular flexibility index (Phi) is 28.8. The summed E-state index contributed by atoms with van der Waals surface area (Å²) in [7, 11) is -6.56. The van der Waals surface area contributed by atoms with E-state index in [9.17, 15) is 32.1 Å². The fourth-order valence-corrected chi connectivity index (χ4v) is 21.3. The molecule has 6 N–H and O–H groups in total. The lowest BCUT2D eigenvalue weighted by Gasteiger charge is -2.38. The molecular formula is C101H122N14O8S2. The van der Waals surface area contributed by atoms with Crippen molar-refractivity contribution in [3.8, 4) is 51.1 Å². The molecule has 8 aromatic carbocycles. The van der Waals surface area contributed by atoms with Gasteiger partial charge in [-0.2, -0.15) is 5.26 Å². The summed E-state index contributed by atoms with van der Waals surface area (Å²) in [5.41, 5.74) is 23.7. The first kappa shape index (κ1) is 91.3. The van der Waals surface area contributed by atoms with Crippen molar-refractivity contribution in [1.29, 1.82) is 5.26 Å². The number of H-pyrrole nitrogens is 2. The number of anilines is 5. The van der Waals surface area contributed by atoms with Crippen LogP contribution in [0.15, 0.2) is 188 Å². The molecule has 1 amide bonds. The summed E-state index contributed by atoms with van der Waals surface area (Å²) >= 11 is 0. The molecule has 4 aliphatic carbocycles. The fourth-order valence-electron chi connectivity index (χ4n) is 20.4. The van der Waals surface area contributed by atoms with Crippen molar-refractivity contribution < 1.29 is 36.5 Å². The van der Waals surface area contributed by atoms with E-state index >= 15 is 0 Å². The summed E-state index contributed by atoms with van der Waals surface area (Å²) in [6.07, 6.45) is 9.63. The first-order chi connectivity index (χ1) is 59.5. The number of benzene rings is 8. The maximum atomic E-state index is 12.6. The zero-order valence-electron chi connectivity index (χ0n) is 73.8. The Balaban J connectivity index is 0.000000178. The summed E-state index contributed by atoms with van der Waals surface area (Å²) < 4.78 is 61.1. The number of sulfonamides is 2. The molecular weight excluding hydrogens is 1600 g/mol. The zero-order valence-corrected chi connectivity index (χ0v) is 75.4. The third-order valence-electron chi connectivity index (χ3n) is 26.3. The molecule has 0 saturated heterocycles. The number of carbonyl (C=O) groups excluding carboxylic acids is 1. The summed E-state index contributed by atoms with van der Waals surface area (Å²) in [6.45, 7) is 38.5. The van der Waals surface area contributed by atoms with Crippen LogP contribution in [0.4, 0.5) is 39.0 Å². The minimum Gasteiger partial charge on any atom is -0.448 e. The Labute approximate surface area is 738 Å². The van der Waals surface area contributed by atoms with E-state index in [0.29, 0.717) is 109 Å². The smallest absolute Gasteiger partial charge is 0.411 e. The predicted molar refractivity (Wildman–Crippen MR) is 505 cm³/mol. The Bertz CT molecular complexity index is 6060. The van der Waals surface area contributed by atoms with Crippen LogP contribution >= 0.6 is 0 Å². The molecule has 125 heavy (non-hydrogen) atoms. The second-order valence-corrected chi connectivity index (χ2v) is 38.8. The lowest BCUT2D eigenvalue weighted by molar-refractivity contribution is -0.278. The van der Waals surface area contributed by atoms with E-state index in [1.165, 1.54) is 46.9 Å². The van der Waals surface area contributed by atoms with Crippen LogP contribution in [0.3, 0.4) is 0 Å². The standard InChI is InChI=1S/C50H59N7O4S.C27H31N3O4S.C23H28N4.CH4/c1-9-55(25-24-52-62(8,59)60)36-22-23-45(35(6)28-36)56(46(61-58)30-43-40-20-14-12-18-38(40)39-19-13-15-21-41(39)43)50-47(51-7)44(29-42-33(4)26-31(2)27-34(42)5)49-53-48(54-57(49)50)37-17-11-10-16-32(37)3;1-4-30(16-15-28-35(3,32)33)20-13-14-26(19(2)17-20)29-27(31)34-18-25-23-11-7-5-9-21(23)22-10-6-8-12-24(22)25;1-14-9-16(3)20(17(4)10-14)11-21-18(12-24)13-27-23(21)25-22(26-27)19-8-6-5-7-15(19)2;/h10-23,28,31,33-34,42-43,46,52,58H,9,24-27,29-30H2,1-6,8H3,(H,53,54);5-14,17,25,28H,4,15-16,18H2,1-3H3,(H,29,31);5-8,13-14,16-17,20H,9-11H2,1-4H3,(H,25,26);1H4. The number of nitriles is 1. The number of aromatic amines is 2. The largest absolute Gasteiger partial charge is 0.448 e. The van der Waals surface area contributed by atoms with Crippen molar-refractivity contribution in [3.05, 3.63) is 261 Å². The van der Waals surface area contributed by atoms with Crippen molar-refractivity contribution in [2.75, 3.05) is 78.4 Å². The van der Waals surface area contributed by atoms with Gasteiger partial charge in [-0.15, -0.1) is 0 Å². The second-order valence-electron chi connectivity index (χ2n) is 35.1. The average molecular weight is 1720 g/mol. The van der Waals surface area contributed by atoms with Crippen LogP contribution in [0.5, 0.6) is 0 Å². The molecule has 0 spiro atoms. The molecule has 4 heterocycles. The van der Waals surface area contributed by atoms with E-state index in [2.05, 4.69) is 204 Å². The first-order valence-electron chi connectivity index (χ1n) is 43.7. The van der Waals surface area contributed by atoms with Gasteiger partial charge in [0.25, 0.3) is 0 Å². The van der Waals surface area contributed by atoms with Gasteiger partial charge in [-0.3, -0.25) is 15.5 Å². The molecule has 0 aliphatic heterocycles. The van der Waals surface area contributed by atoms with Crippen molar-refractivity contribution >= 4 is 71.7 Å². The number of ether oxygens (including phenoxy) is 1. The van der Waals surface area contributed by atoms with Crippen LogP contribution in [0.2, 0.25) is 0 Å². The maximum absolute atomic E-state index is 12.6. The highest BCUT2D eigenvalue weighted by atomic mass is 32.2. The minimum absolute atomic E-state index is 0. The van der Waals surface area contributed by atoms with E-state index in [4.69, 9.17) is 26.2 Å². The summed E-state index contributed by atoms with van der Waals surface area (Å²) in [6, 6.07) is 64.0. The Hall–Kier alpha value is -11.4. The lowest BCUT2D eigenvalue weighted by atomic mass is 9.67. The molecule has 16 rings (SSSR count). The van der Waals surface area contributed by atoms with E-state index in [-0.39, 0.29) is 32.4 Å². The van der Waals surface area contributed by atoms with Gasteiger partial charge >= 0.3 is 6.09 Å². The molecule has 4 aliphatic rings. The molecule has 22 nitrogen and oxygen atoms in total. The van der Waals surface area contributed by atoms with Crippen molar-refractivity contribution in [2.45, 2.75) is 154 Å². The lowest BCUT2D eigenvalue weighted by Crippen LogP contribution is -2.36. The molecule has 2 fully saturated rings. The quantitative estimate of drug-likeness (QED) is 0.0121. The third-order valence-corrected chi connectivity index (χ3v) is 27.8. The molecule has 2 saturated carbocycles. The highest BCUT2D eigenvalue weighted by Gasteiger charge is 2.41. The van der Waals surface area contributed by atoms with Crippen molar-refractivity contribution in [1.82, 2.24) is 38.6 Å². The van der Waals surface area contributed by atoms with E-state index < -0.39 is 32.4 Å². The van der Waals surface area contributed by atoms with E-state index in [0.717, 1.165) is 133 Å². The molecule has 0 bridgehead atoms. The van der Waals surface area contributed by atoms with Crippen molar-refractivity contribution in [3.63, 3.8) is 0 Å². The highest BCUT2D eigenvalue weighted by Crippen LogP contribution is 2.53. The normalized spacial score (nSPS) is 18.6. The van der Waals surface area contributed by atoms with Crippen molar-refractivity contribution in [2.24, 2.45) is 47.3 Å². The number of nitrogens with one attached hydrogen (secondary N) is 5. The number of amides is 1. The topological polar surface area (TPSA) is 264 Å². The number of nitrogens with zero attached hydrogens (tertiary/aromatic N) is 9. The summed E-state index contributed by atoms with van der Waals surface area (Å²) in [5, 5.41) is 30.9. The number of fused-ring (bicyclic) bond motifs is 8. The zero-order chi connectivity index (χ0) is 88.0. The minimum atomic E-state index is -3.34. The number of hydrogen-bond donors (Lipinski definition) is 6. The van der Waals surface area contributed by atoms with Gasteiger partial charge in [-0.25, -0.2) is 65.1 Å². The molecule has 0 radical (unpaired) electrons. The van der Waals surface area contributed by atoms with E-state index in [1.807, 2.05) is 127 Å². The van der Waals surface area contributed by atoms with Gasteiger partial charge in [0.1, 0.15) is 24.1 Å². The maximum Gasteiger partial charge on any atom is 0.411 e.